The summed E-state index contributed by atoms with van der Waals surface area (Å²) in [5.74, 6) is 0. The maximum atomic E-state index is 5.02. The molecule has 2 aromatic heterocycles. The van der Waals surface area contributed by atoms with Crippen molar-refractivity contribution in [3.8, 4) is 10.6 Å². The number of hydrogen-bond donors (Lipinski definition) is 0. The van der Waals surface area contributed by atoms with Crippen molar-refractivity contribution >= 4 is 38.6 Å². The van der Waals surface area contributed by atoms with Crippen molar-refractivity contribution in [2.75, 3.05) is 7.11 Å². The third-order valence-electron chi connectivity index (χ3n) is 1.69. The van der Waals surface area contributed by atoms with Crippen LogP contribution in [-0.2, 0) is 11.3 Å². The average Bonchev–Trinajstić information content (AvgIpc) is 2.74. The molecule has 0 saturated carbocycles. The molecule has 5 heteroatoms. The Morgan fingerprint density at radius 2 is 2.29 bits per heavy atom. The second-order valence-corrected chi connectivity index (χ2v) is 5.17. The second kappa shape index (κ2) is 4.53. The fourth-order valence-corrected chi connectivity index (χ4v) is 3.59. The minimum absolute atomic E-state index is 0.582. The number of thiazole rings is 1. The van der Waals surface area contributed by atoms with E-state index in [2.05, 4.69) is 31.7 Å². The Labute approximate surface area is 98.7 Å². The summed E-state index contributed by atoms with van der Waals surface area (Å²) in [6.45, 7) is 0.582. The lowest BCUT2D eigenvalue weighted by atomic mass is 10.3. The molecule has 0 N–H and O–H groups in total. The van der Waals surface area contributed by atoms with Crippen molar-refractivity contribution in [2.45, 2.75) is 6.61 Å². The highest BCUT2D eigenvalue weighted by Gasteiger charge is 2.08. The number of ether oxygens (including phenoxy) is 1. The summed E-state index contributed by atoms with van der Waals surface area (Å²) >= 11 is 6.82. The Balaban J connectivity index is 2.29. The van der Waals surface area contributed by atoms with Crippen LogP contribution in [0.3, 0.4) is 0 Å². The molecule has 2 rings (SSSR count). The lowest BCUT2D eigenvalue weighted by Gasteiger charge is -1.92. The van der Waals surface area contributed by atoms with E-state index in [-0.39, 0.29) is 0 Å². The first-order chi connectivity index (χ1) is 6.81. The minimum atomic E-state index is 0.582. The molecule has 0 saturated heterocycles. The molecule has 74 valence electrons. The van der Waals surface area contributed by atoms with E-state index < -0.39 is 0 Å². The number of aromatic nitrogens is 1. The van der Waals surface area contributed by atoms with Crippen LogP contribution in [0.2, 0.25) is 0 Å². The standard InChI is InChI=1S/C9H8BrNOS2/c1-12-2-6-3-14-9(11-6)7-4-13-5-8(7)10/h3-5H,2H2,1H3. The molecule has 0 fully saturated rings. The lowest BCUT2D eigenvalue weighted by molar-refractivity contribution is 0.182. The second-order valence-electron chi connectivity index (χ2n) is 2.71. The van der Waals surface area contributed by atoms with Crippen LogP contribution >= 0.6 is 38.6 Å². The predicted molar refractivity (Wildman–Crippen MR) is 63.8 cm³/mol. The fourth-order valence-electron chi connectivity index (χ4n) is 1.08. The predicted octanol–water partition coefficient (Wildman–Crippen LogP) is 3.78. The largest absolute Gasteiger partial charge is 0.378 e. The molecule has 0 amide bonds. The van der Waals surface area contributed by atoms with Crippen LogP contribution in [0, 0.1) is 0 Å². The van der Waals surface area contributed by atoms with E-state index >= 15 is 0 Å². The van der Waals surface area contributed by atoms with Gasteiger partial charge in [-0.3, -0.25) is 0 Å². The van der Waals surface area contributed by atoms with E-state index in [0.717, 1.165) is 15.2 Å². The zero-order chi connectivity index (χ0) is 9.97. The van der Waals surface area contributed by atoms with Crippen LogP contribution in [0.15, 0.2) is 20.6 Å². The Morgan fingerprint density at radius 1 is 1.43 bits per heavy atom. The molecular formula is C9H8BrNOS2. The zero-order valence-electron chi connectivity index (χ0n) is 7.49. The van der Waals surface area contributed by atoms with Gasteiger partial charge in [0.25, 0.3) is 0 Å². The smallest absolute Gasteiger partial charge is 0.125 e. The van der Waals surface area contributed by atoms with Gasteiger partial charge in [0.15, 0.2) is 0 Å². The van der Waals surface area contributed by atoms with Crippen molar-refractivity contribution in [3.63, 3.8) is 0 Å². The Kier molecular flexibility index (Phi) is 3.33. The molecule has 0 bridgehead atoms. The molecule has 0 spiro atoms. The molecule has 2 heterocycles. The fraction of sp³-hybridized carbons (Fsp3) is 0.222. The monoisotopic (exact) mass is 289 g/mol. The zero-order valence-corrected chi connectivity index (χ0v) is 10.7. The number of hydrogen-bond acceptors (Lipinski definition) is 4. The molecule has 14 heavy (non-hydrogen) atoms. The molecular weight excluding hydrogens is 282 g/mol. The molecule has 0 atom stereocenters. The summed E-state index contributed by atoms with van der Waals surface area (Å²) in [5, 5.41) is 7.24. The third kappa shape index (κ3) is 2.06. The van der Waals surface area contributed by atoms with Gasteiger partial charge in [-0.2, -0.15) is 11.3 Å². The van der Waals surface area contributed by atoms with Gasteiger partial charge < -0.3 is 4.74 Å². The summed E-state index contributed by atoms with van der Waals surface area (Å²) in [6.07, 6.45) is 0. The maximum Gasteiger partial charge on any atom is 0.125 e. The molecule has 0 radical (unpaired) electrons. The molecule has 0 aliphatic heterocycles. The van der Waals surface area contributed by atoms with E-state index in [1.165, 1.54) is 5.56 Å². The Bertz CT molecular complexity index is 424. The van der Waals surface area contributed by atoms with Gasteiger partial charge >= 0.3 is 0 Å². The summed E-state index contributed by atoms with van der Waals surface area (Å²) < 4.78 is 6.14. The SMILES string of the molecule is COCc1csc(-c2cscc2Br)n1. The molecule has 2 aromatic rings. The normalized spacial score (nSPS) is 10.7. The average molecular weight is 290 g/mol. The van der Waals surface area contributed by atoms with Gasteiger partial charge in [0, 0.05) is 33.3 Å². The van der Waals surface area contributed by atoms with Crippen molar-refractivity contribution in [1.29, 1.82) is 0 Å². The highest BCUT2D eigenvalue weighted by atomic mass is 79.9. The molecule has 0 aliphatic carbocycles. The first-order valence-electron chi connectivity index (χ1n) is 3.96. The van der Waals surface area contributed by atoms with Crippen molar-refractivity contribution < 1.29 is 4.74 Å². The number of thiophene rings is 1. The Morgan fingerprint density at radius 3 is 2.93 bits per heavy atom. The highest BCUT2D eigenvalue weighted by molar-refractivity contribution is 9.10. The van der Waals surface area contributed by atoms with Crippen LogP contribution in [-0.4, -0.2) is 12.1 Å². The molecule has 0 aliphatic rings. The number of rotatable bonds is 3. The third-order valence-corrected chi connectivity index (χ3v) is 4.32. The van der Waals surface area contributed by atoms with Gasteiger partial charge in [0.2, 0.25) is 0 Å². The van der Waals surface area contributed by atoms with E-state index in [9.17, 15) is 0 Å². The number of nitrogens with zero attached hydrogens (tertiary/aromatic N) is 1. The van der Waals surface area contributed by atoms with Crippen LogP contribution in [0.5, 0.6) is 0 Å². The molecule has 2 nitrogen and oxygen atoms in total. The van der Waals surface area contributed by atoms with Crippen LogP contribution in [0.25, 0.3) is 10.6 Å². The quantitative estimate of drug-likeness (QED) is 0.858. The van der Waals surface area contributed by atoms with Crippen molar-refractivity contribution in [2.24, 2.45) is 0 Å². The van der Waals surface area contributed by atoms with Gasteiger partial charge in [0.1, 0.15) is 5.01 Å². The lowest BCUT2D eigenvalue weighted by Crippen LogP contribution is -1.86. The van der Waals surface area contributed by atoms with Gasteiger partial charge in [-0.1, -0.05) is 0 Å². The van der Waals surface area contributed by atoms with Crippen molar-refractivity contribution in [1.82, 2.24) is 4.98 Å². The van der Waals surface area contributed by atoms with Crippen LogP contribution in [0.4, 0.5) is 0 Å². The summed E-state index contributed by atoms with van der Waals surface area (Å²) in [4.78, 5) is 4.47. The summed E-state index contributed by atoms with van der Waals surface area (Å²) in [5.41, 5.74) is 2.16. The van der Waals surface area contributed by atoms with Crippen LogP contribution < -0.4 is 0 Å². The van der Waals surface area contributed by atoms with Crippen LogP contribution in [0.1, 0.15) is 5.69 Å². The van der Waals surface area contributed by atoms with Gasteiger partial charge in [0.05, 0.1) is 12.3 Å². The summed E-state index contributed by atoms with van der Waals surface area (Å²) in [7, 11) is 1.68. The van der Waals surface area contributed by atoms with Gasteiger partial charge in [-0.15, -0.1) is 11.3 Å². The first-order valence-corrected chi connectivity index (χ1v) is 6.58. The van der Waals surface area contributed by atoms with E-state index in [1.807, 2.05) is 5.38 Å². The van der Waals surface area contributed by atoms with Gasteiger partial charge in [-0.05, 0) is 15.9 Å². The highest BCUT2D eigenvalue weighted by Crippen LogP contribution is 2.33. The Hall–Kier alpha value is -0.230. The first kappa shape index (κ1) is 10.3. The van der Waals surface area contributed by atoms with E-state index in [1.54, 1.807) is 29.8 Å². The number of halogens is 1. The van der Waals surface area contributed by atoms with Crippen molar-refractivity contribution in [3.05, 3.63) is 26.3 Å². The molecule has 0 aromatic carbocycles. The maximum absolute atomic E-state index is 5.02. The summed E-state index contributed by atoms with van der Waals surface area (Å²) in [6, 6.07) is 0. The van der Waals surface area contributed by atoms with E-state index in [0.29, 0.717) is 6.61 Å². The van der Waals surface area contributed by atoms with E-state index in [4.69, 9.17) is 4.74 Å². The van der Waals surface area contributed by atoms with Gasteiger partial charge in [-0.25, -0.2) is 4.98 Å². The number of methoxy groups -OCH3 is 1. The topological polar surface area (TPSA) is 22.1 Å². The molecule has 0 unspecified atom stereocenters. The minimum Gasteiger partial charge on any atom is -0.378 e.